The third-order valence-electron chi connectivity index (χ3n) is 7.03. The highest BCUT2D eigenvalue weighted by atomic mass is 19.4. The van der Waals surface area contributed by atoms with Crippen molar-refractivity contribution in [2.45, 2.75) is 63.3 Å². The number of anilines is 1. The van der Waals surface area contributed by atoms with Gasteiger partial charge in [0.1, 0.15) is 12.3 Å². The van der Waals surface area contributed by atoms with Gasteiger partial charge in [0.25, 0.3) is 5.95 Å². The highest BCUT2D eigenvalue weighted by Crippen LogP contribution is 2.39. The van der Waals surface area contributed by atoms with Gasteiger partial charge in [0.2, 0.25) is 0 Å². The average molecular weight is 631 g/mol. The van der Waals surface area contributed by atoms with Crippen LogP contribution in [0, 0.1) is 0 Å². The Bertz CT molecular complexity index is 1370. The largest absolute Gasteiger partial charge is 0.416 e. The summed E-state index contributed by atoms with van der Waals surface area (Å²) in [6, 6.07) is 2.92. The zero-order valence-corrected chi connectivity index (χ0v) is 22.6. The number of aryl methyl sites for hydroxylation is 1. The Kier molecular flexibility index (Phi) is 8.96. The second kappa shape index (κ2) is 11.9. The molecule has 43 heavy (non-hydrogen) atoms. The third kappa shape index (κ3) is 7.54. The predicted octanol–water partition coefficient (Wildman–Crippen LogP) is 6.92. The topological polar surface area (TPSA) is 50.1 Å². The number of halogens is 11. The molecule has 1 aromatic heterocycles. The highest BCUT2D eigenvalue weighted by Gasteiger charge is 2.39. The first-order valence-corrected chi connectivity index (χ1v) is 12.9. The van der Waals surface area contributed by atoms with Gasteiger partial charge < -0.3 is 4.90 Å². The van der Waals surface area contributed by atoms with E-state index >= 15 is 0 Å². The maximum atomic E-state index is 14.0. The fourth-order valence-corrected chi connectivity index (χ4v) is 5.06. The Morgan fingerprint density at radius 2 is 1.37 bits per heavy atom. The van der Waals surface area contributed by atoms with Crippen LogP contribution in [0.2, 0.25) is 0 Å². The van der Waals surface area contributed by atoms with Crippen LogP contribution in [0.25, 0.3) is 0 Å². The summed E-state index contributed by atoms with van der Waals surface area (Å²) in [4.78, 5) is 3.47. The highest BCUT2D eigenvalue weighted by molar-refractivity contribution is 5.42. The molecule has 3 atom stereocenters. The molecule has 6 nitrogen and oxygen atoms in total. The molecule has 17 heteroatoms. The number of benzene rings is 2. The van der Waals surface area contributed by atoms with Crippen LogP contribution in [0.4, 0.5) is 54.2 Å². The summed E-state index contributed by atoms with van der Waals surface area (Å²) in [5.41, 5.74) is -4.52. The van der Waals surface area contributed by atoms with Gasteiger partial charge in [-0.15, -0.1) is 5.10 Å². The minimum absolute atomic E-state index is 0.0442. The first-order valence-electron chi connectivity index (χ1n) is 12.9. The van der Waals surface area contributed by atoms with E-state index in [4.69, 9.17) is 0 Å². The van der Waals surface area contributed by atoms with E-state index in [9.17, 15) is 48.3 Å². The number of rotatable bonds is 8. The number of tetrazole rings is 1. The van der Waals surface area contributed by atoms with E-state index in [1.165, 1.54) is 11.9 Å². The molecule has 0 spiro atoms. The maximum Gasteiger partial charge on any atom is 0.416 e. The Labute approximate surface area is 238 Å². The quantitative estimate of drug-likeness (QED) is 0.253. The minimum atomic E-state index is -5.13. The van der Waals surface area contributed by atoms with Crippen LogP contribution in [-0.4, -0.2) is 50.5 Å². The van der Waals surface area contributed by atoms with Gasteiger partial charge in [-0.3, -0.25) is 4.90 Å². The summed E-state index contributed by atoms with van der Waals surface area (Å²) in [6.07, 6.45) is -18.5. The molecule has 1 unspecified atom stereocenters. The molecule has 1 aliphatic rings. The molecule has 1 fully saturated rings. The fourth-order valence-electron chi connectivity index (χ4n) is 5.06. The van der Waals surface area contributed by atoms with E-state index in [0.717, 1.165) is 27.9 Å². The third-order valence-corrected chi connectivity index (χ3v) is 7.03. The smallest absolute Gasteiger partial charge is 0.330 e. The van der Waals surface area contributed by atoms with Crippen molar-refractivity contribution in [3.8, 4) is 0 Å². The fraction of sp³-hybridized carbons (Fsp3) is 0.500. The normalized spacial score (nSPS) is 19.2. The molecule has 0 bridgehead atoms. The summed E-state index contributed by atoms with van der Waals surface area (Å²) in [6.45, 7) is -0.187. The molecule has 1 aliphatic heterocycles. The van der Waals surface area contributed by atoms with Crippen molar-refractivity contribution in [3.05, 3.63) is 69.8 Å². The Balaban J connectivity index is 1.82. The zero-order chi connectivity index (χ0) is 31.9. The molecule has 3 aromatic rings. The van der Waals surface area contributed by atoms with Crippen molar-refractivity contribution in [3.63, 3.8) is 0 Å². The molecule has 4 rings (SSSR count). The second-order valence-corrected chi connectivity index (χ2v) is 10.2. The first kappa shape index (κ1) is 32.4. The summed E-state index contributed by atoms with van der Waals surface area (Å²) < 4.78 is 150. The van der Waals surface area contributed by atoms with E-state index in [2.05, 4.69) is 15.4 Å². The standard InChI is InChI=1S/C26H25F11N6/c1-3-22(42-12-20(27)21(28)13-42)19-5-4-16(24(29,30)31)8-15(19)11-43(23-38-40-41(2)39-23)10-14-6-17(25(32,33)34)9-18(7-14)26(35,36)37/h4-9,20-22H,3,10-13H2,1-2H3/t20-,21-,22?/m0/s1. The minimum Gasteiger partial charge on any atom is -0.330 e. The number of likely N-dealkylation sites (tertiary alicyclic amines) is 1. The lowest BCUT2D eigenvalue weighted by Crippen LogP contribution is -2.30. The summed E-state index contributed by atoms with van der Waals surface area (Å²) in [5.74, 6) is -0.293. The molecule has 2 aromatic carbocycles. The van der Waals surface area contributed by atoms with Crippen molar-refractivity contribution < 1.29 is 48.3 Å². The van der Waals surface area contributed by atoms with Gasteiger partial charge in [-0.2, -0.15) is 44.3 Å². The molecular weight excluding hydrogens is 605 g/mol. The molecule has 0 saturated carbocycles. The van der Waals surface area contributed by atoms with Gasteiger partial charge in [-0.25, -0.2) is 8.78 Å². The van der Waals surface area contributed by atoms with Crippen LogP contribution in [0.15, 0.2) is 36.4 Å². The van der Waals surface area contributed by atoms with Gasteiger partial charge in [0.15, 0.2) is 0 Å². The van der Waals surface area contributed by atoms with Crippen LogP contribution in [0.1, 0.15) is 52.8 Å². The van der Waals surface area contributed by atoms with E-state index in [1.54, 1.807) is 6.92 Å². The molecule has 0 aliphatic carbocycles. The van der Waals surface area contributed by atoms with E-state index < -0.39 is 72.3 Å². The SMILES string of the molecule is CCC(c1ccc(C(F)(F)F)cc1CN(Cc1cc(C(F)(F)F)cc(C(F)(F)F)c1)c1nnn(C)n1)N1C[C@H](F)[C@@H](F)C1. The summed E-state index contributed by atoms with van der Waals surface area (Å²) in [7, 11) is 1.33. The van der Waals surface area contributed by atoms with Crippen LogP contribution >= 0.6 is 0 Å². The van der Waals surface area contributed by atoms with E-state index in [0.29, 0.717) is 12.1 Å². The van der Waals surface area contributed by atoms with Crippen molar-refractivity contribution >= 4 is 5.95 Å². The van der Waals surface area contributed by atoms with Gasteiger partial charge >= 0.3 is 18.5 Å². The molecule has 0 amide bonds. The monoisotopic (exact) mass is 630 g/mol. The summed E-state index contributed by atoms with van der Waals surface area (Å²) >= 11 is 0. The first-order chi connectivity index (χ1) is 19.9. The van der Waals surface area contributed by atoms with Gasteiger partial charge in [-0.1, -0.05) is 18.1 Å². The zero-order valence-electron chi connectivity index (χ0n) is 22.6. The lowest BCUT2D eigenvalue weighted by Gasteiger charge is -2.31. The number of aromatic nitrogens is 4. The Morgan fingerprint density at radius 1 is 0.814 bits per heavy atom. The predicted molar refractivity (Wildman–Crippen MR) is 131 cm³/mol. The molecule has 2 heterocycles. The Morgan fingerprint density at radius 3 is 1.84 bits per heavy atom. The lowest BCUT2D eigenvalue weighted by molar-refractivity contribution is -0.143. The second-order valence-electron chi connectivity index (χ2n) is 10.2. The number of alkyl halides is 11. The van der Waals surface area contributed by atoms with Crippen LogP contribution < -0.4 is 4.90 Å². The van der Waals surface area contributed by atoms with Gasteiger partial charge in [0.05, 0.1) is 23.7 Å². The van der Waals surface area contributed by atoms with Crippen molar-refractivity contribution in [2.24, 2.45) is 7.05 Å². The van der Waals surface area contributed by atoms with E-state index in [1.807, 2.05) is 0 Å². The van der Waals surface area contributed by atoms with Gasteiger partial charge in [-0.05, 0) is 58.7 Å². The van der Waals surface area contributed by atoms with Crippen molar-refractivity contribution in [2.75, 3.05) is 18.0 Å². The lowest BCUT2D eigenvalue weighted by atomic mass is 9.94. The Hall–Kier alpha value is -3.50. The van der Waals surface area contributed by atoms with Gasteiger partial charge in [0, 0.05) is 32.2 Å². The van der Waals surface area contributed by atoms with E-state index in [-0.39, 0.29) is 42.7 Å². The number of hydrogen-bond acceptors (Lipinski definition) is 5. The number of hydrogen-bond donors (Lipinski definition) is 0. The van der Waals surface area contributed by atoms with Crippen LogP contribution in [0.3, 0.4) is 0 Å². The van der Waals surface area contributed by atoms with Crippen molar-refractivity contribution in [1.29, 1.82) is 0 Å². The molecule has 1 saturated heterocycles. The number of nitrogens with zero attached hydrogens (tertiary/aromatic N) is 6. The molecule has 0 N–H and O–H groups in total. The maximum absolute atomic E-state index is 14.0. The molecule has 0 radical (unpaired) electrons. The van der Waals surface area contributed by atoms with Crippen molar-refractivity contribution in [1.82, 2.24) is 25.1 Å². The summed E-state index contributed by atoms with van der Waals surface area (Å²) in [5, 5.41) is 11.3. The average Bonchev–Trinajstić information content (AvgIpc) is 3.47. The molecular formula is C26H25F11N6. The van der Waals surface area contributed by atoms with Crippen LogP contribution in [0.5, 0.6) is 0 Å². The molecule has 236 valence electrons. The van der Waals surface area contributed by atoms with Crippen LogP contribution in [-0.2, 0) is 38.7 Å².